The molecule has 0 bridgehead atoms. The Morgan fingerprint density at radius 1 is 0.700 bits per heavy atom. The van der Waals surface area contributed by atoms with Crippen LogP contribution in [0, 0.1) is 0 Å². The van der Waals surface area contributed by atoms with Crippen molar-refractivity contribution in [1.82, 2.24) is 25.9 Å². The van der Waals surface area contributed by atoms with Gasteiger partial charge in [-0.15, -0.1) is 37.2 Å². The minimum atomic E-state index is 0. The standard InChI is InChI=1S/C20H27N5O2.3ClH/c26-19(7-5-17-3-1-9-22-15-17)24-13-11-21-12-14-25-20(27)8-6-18-4-2-10-23-16-18;;;/h1-4,9-10,15-16,21H,5-8,11-14H2,(H,24,26)(H,25,27);3*1H. The number of nitrogens with zero attached hydrogens (tertiary/aromatic N) is 2. The van der Waals surface area contributed by atoms with Crippen molar-refractivity contribution in [3.8, 4) is 0 Å². The van der Waals surface area contributed by atoms with Gasteiger partial charge in [-0.05, 0) is 36.1 Å². The molecule has 0 fully saturated rings. The van der Waals surface area contributed by atoms with E-state index < -0.39 is 0 Å². The summed E-state index contributed by atoms with van der Waals surface area (Å²) in [5.74, 6) is 0.0636. The van der Waals surface area contributed by atoms with E-state index in [1.54, 1.807) is 24.8 Å². The van der Waals surface area contributed by atoms with Crippen LogP contribution in [0.4, 0.5) is 0 Å². The van der Waals surface area contributed by atoms with Crippen LogP contribution >= 0.6 is 37.2 Å². The van der Waals surface area contributed by atoms with Crippen LogP contribution in [0.15, 0.2) is 49.1 Å². The highest BCUT2D eigenvalue weighted by Crippen LogP contribution is 2.00. The van der Waals surface area contributed by atoms with Gasteiger partial charge < -0.3 is 16.0 Å². The van der Waals surface area contributed by atoms with Crippen LogP contribution in [0.3, 0.4) is 0 Å². The summed E-state index contributed by atoms with van der Waals surface area (Å²) >= 11 is 0. The van der Waals surface area contributed by atoms with E-state index in [9.17, 15) is 9.59 Å². The zero-order valence-electron chi connectivity index (χ0n) is 16.7. The van der Waals surface area contributed by atoms with Gasteiger partial charge in [0.2, 0.25) is 11.8 Å². The number of carbonyl (C=O) groups excluding carboxylic acids is 2. The van der Waals surface area contributed by atoms with Crippen molar-refractivity contribution in [2.75, 3.05) is 26.2 Å². The molecule has 2 heterocycles. The predicted molar refractivity (Wildman–Crippen MR) is 126 cm³/mol. The molecule has 0 aliphatic heterocycles. The number of rotatable bonds is 12. The maximum absolute atomic E-state index is 11.8. The van der Waals surface area contributed by atoms with Crippen molar-refractivity contribution in [2.45, 2.75) is 25.7 Å². The van der Waals surface area contributed by atoms with Crippen LogP contribution in [0.1, 0.15) is 24.0 Å². The number of aromatic nitrogens is 2. The fraction of sp³-hybridized carbons (Fsp3) is 0.400. The summed E-state index contributed by atoms with van der Waals surface area (Å²) in [6, 6.07) is 7.67. The highest BCUT2D eigenvalue weighted by Gasteiger charge is 2.03. The number of hydrogen-bond acceptors (Lipinski definition) is 5. The molecule has 10 heteroatoms. The molecule has 2 aromatic rings. The van der Waals surface area contributed by atoms with Crippen LogP contribution < -0.4 is 16.0 Å². The quantitative estimate of drug-likeness (QED) is 0.406. The Morgan fingerprint density at radius 3 is 1.50 bits per heavy atom. The first kappa shape index (κ1) is 30.3. The zero-order valence-corrected chi connectivity index (χ0v) is 19.2. The number of hydrogen-bond donors (Lipinski definition) is 3. The third-order valence-corrected chi connectivity index (χ3v) is 3.97. The number of amides is 2. The van der Waals surface area contributed by atoms with Gasteiger partial charge in [-0.2, -0.15) is 0 Å². The molecule has 3 N–H and O–H groups in total. The Kier molecular flexibility index (Phi) is 19.2. The lowest BCUT2D eigenvalue weighted by Crippen LogP contribution is -2.36. The summed E-state index contributed by atoms with van der Waals surface area (Å²) in [5.41, 5.74) is 2.12. The van der Waals surface area contributed by atoms with Gasteiger partial charge in [0.15, 0.2) is 0 Å². The Labute approximate surface area is 196 Å². The monoisotopic (exact) mass is 477 g/mol. The highest BCUT2D eigenvalue weighted by atomic mass is 35.5. The molecule has 0 unspecified atom stereocenters. The summed E-state index contributed by atoms with van der Waals surface area (Å²) in [6.45, 7) is 2.48. The molecule has 0 atom stereocenters. The summed E-state index contributed by atoms with van der Waals surface area (Å²) in [6.07, 6.45) is 9.30. The van der Waals surface area contributed by atoms with Crippen LogP contribution in [0.25, 0.3) is 0 Å². The normalized spacial score (nSPS) is 9.33. The van der Waals surface area contributed by atoms with Gasteiger partial charge in [0, 0.05) is 63.8 Å². The van der Waals surface area contributed by atoms with Gasteiger partial charge >= 0.3 is 0 Å². The van der Waals surface area contributed by atoms with Crippen molar-refractivity contribution in [2.24, 2.45) is 0 Å². The molecule has 0 aliphatic carbocycles. The first-order valence-electron chi connectivity index (χ1n) is 9.26. The molecular weight excluding hydrogens is 449 g/mol. The topological polar surface area (TPSA) is 96.0 Å². The zero-order chi connectivity index (χ0) is 19.2. The molecule has 2 amide bonds. The molecule has 2 aromatic heterocycles. The third kappa shape index (κ3) is 14.1. The summed E-state index contributed by atoms with van der Waals surface area (Å²) in [7, 11) is 0. The minimum Gasteiger partial charge on any atom is -0.355 e. The first-order chi connectivity index (χ1) is 13.2. The SMILES string of the molecule is Cl.Cl.Cl.O=C(CCc1cccnc1)NCCNCCNC(=O)CCc1cccnc1. The van der Waals surface area contributed by atoms with Gasteiger partial charge in [0.25, 0.3) is 0 Å². The predicted octanol–water partition coefficient (Wildman–Crippen LogP) is 2.13. The van der Waals surface area contributed by atoms with E-state index in [-0.39, 0.29) is 49.0 Å². The number of nitrogens with one attached hydrogen (secondary N) is 3. The molecule has 0 saturated heterocycles. The Morgan fingerprint density at radius 2 is 1.13 bits per heavy atom. The van der Waals surface area contributed by atoms with E-state index >= 15 is 0 Å². The minimum absolute atomic E-state index is 0. The van der Waals surface area contributed by atoms with Crippen LogP contribution in [0.2, 0.25) is 0 Å². The number of halogens is 3. The van der Waals surface area contributed by atoms with E-state index in [2.05, 4.69) is 25.9 Å². The van der Waals surface area contributed by atoms with Crippen molar-refractivity contribution in [3.05, 3.63) is 60.2 Å². The van der Waals surface area contributed by atoms with Crippen LogP contribution in [-0.2, 0) is 22.4 Å². The van der Waals surface area contributed by atoms with Crippen molar-refractivity contribution < 1.29 is 9.59 Å². The smallest absolute Gasteiger partial charge is 0.220 e. The maximum Gasteiger partial charge on any atom is 0.220 e. The fourth-order valence-electron chi connectivity index (χ4n) is 2.49. The van der Waals surface area contributed by atoms with Gasteiger partial charge in [-0.3, -0.25) is 19.6 Å². The second-order valence-corrected chi connectivity index (χ2v) is 6.17. The first-order valence-corrected chi connectivity index (χ1v) is 9.26. The Bertz CT molecular complexity index is 634. The molecule has 7 nitrogen and oxygen atoms in total. The Balaban J connectivity index is 0. The molecule has 2 rings (SSSR count). The molecule has 0 saturated carbocycles. The summed E-state index contributed by atoms with van der Waals surface area (Å²) < 4.78 is 0. The van der Waals surface area contributed by atoms with Crippen LogP contribution in [0.5, 0.6) is 0 Å². The highest BCUT2D eigenvalue weighted by molar-refractivity contribution is 5.86. The van der Waals surface area contributed by atoms with Gasteiger partial charge in [0.05, 0.1) is 0 Å². The number of pyridine rings is 2. The molecule has 0 aliphatic rings. The molecule has 0 radical (unpaired) electrons. The summed E-state index contributed by atoms with van der Waals surface area (Å²) in [5, 5.41) is 8.95. The fourth-order valence-corrected chi connectivity index (χ4v) is 2.49. The van der Waals surface area contributed by atoms with E-state index in [1.165, 1.54) is 0 Å². The maximum atomic E-state index is 11.8. The van der Waals surface area contributed by atoms with Crippen LogP contribution in [-0.4, -0.2) is 48.0 Å². The van der Waals surface area contributed by atoms with Gasteiger partial charge in [-0.25, -0.2) is 0 Å². The molecule has 0 spiro atoms. The van der Waals surface area contributed by atoms with Crippen molar-refractivity contribution in [3.63, 3.8) is 0 Å². The lowest BCUT2D eigenvalue weighted by Gasteiger charge is -2.08. The molecule has 30 heavy (non-hydrogen) atoms. The lowest BCUT2D eigenvalue weighted by molar-refractivity contribution is -0.121. The largest absolute Gasteiger partial charge is 0.355 e. The number of carbonyl (C=O) groups is 2. The van der Waals surface area contributed by atoms with Crippen molar-refractivity contribution in [1.29, 1.82) is 0 Å². The van der Waals surface area contributed by atoms with E-state index in [0.717, 1.165) is 11.1 Å². The third-order valence-electron chi connectivity index (χ3n) is 3.97. The second kappa shape index (κ2) is 19.1. The molecular formula is C20H30Cl3N5O2. The number of aryl methyl sites for hydroxylation is 2. The second-order valence-electron chi connectivity index (χ2n) is 6.17. The van der Waals surface area contributed by atoms with Gasteiger partial charge in [-0.1, -0.05) is 12.1 Å². The van der Waals surface area contributed by atoms with E-state index in [1.807, 2.05) is 24.3 Å². The molecule has 0 aromatic carbocycles. The average Bonchev–Trinajstić information content (AvgIpc) is 2.71. The average molecular weight is 479 g/mol. The van der Waals surface area contributed by atoms with Gasteiger partial charge in [0.1, 0.15) is 0 Å². The van der Waals surface area contributed by atoms with Crippen molar-refractivity contribution >= 4 is 49.0 Å². The lowest BCUT2D eigenvalue weighted by atomic mass is 10.1. The Hall–Kier alpha value is -1.93. The molecule has 168 valence electrons. The van der Waals surface area contributed by atoms with E-state index in [0.29, 0.717) is 51.9 Å². The van der Waals surface area contributed by atoms with E-state index in [4.69, 9.17) is 0 Å². The summed E-state index contributed by atoms with van der Waals surface area (Å²) in [4.78, 5) is 31.6.